The molecule has 5 heteroatoms. The third kappa shape index (κ3) is 4.53. The zero-order chi connectivity index (χ0) is 7.44. The molecule has 0 fully saturated rings. The van der Waals surface area contributed by atoms with E-state index in [1.807, 2.05) is 13.8 Å². The summed E-state index contributed by atoms with van der Waals surface area (Å²) < 4.78 is 22.5. The second kappa shape index (κ2) is 3.94. The van der Waals surface area contributed by atoms with Gasteiger partial charge in [-0.1, -0.05) is 0 Å². The molecule has 4 nitrogen and oxygen atoms in total. The molecule has 0 radical (unpaired) electrons. The molecule has 0 aromatic rings. The summed E-state index contributed by atoms with van der Waals surface area (Å²) in [6.07, 6.45) is 0. The lowest BCUT2D eigenvalue weighted by molar-refractivity contribution is -0.0535. The first-order chi connectivity index (χ1) is 4.04. The van der Waals surface area contributed by atoms with Crippen molar-refractivity contribution in [2.24, 2.45) is 0 Å². The van der Waals surface area contributed by atoms with Gasteiger partial charge in [-0.3, -0.25) is 4.55 Å². The molecule has 1 N–H and O–H groups in total. The van der Waals surface area contributed by atoms with E-state index in [2.05, 4.69) is 4.28 Å². The Kier molecular flexibility index (Phi) is 3.96. The highest BCUT2D eigenvalue weighted by atomic mass is 32.2. The number of rotatable bonds is 3. The fourth-order valence-electron chi connectivity index (χ4n) is 0.187. The maximum atomic E-state index is 9.96. The van der Waals surface area contributed by atoms with Crippen molar-refractivity contribution in [1.29, 1.82) is 0 Å². The van der Waals surface area contributed by atoms with Crippen LogP contribution >= 0.6 is 0 Å². The molecule has 0 aliphatic heterocycles. The fourth-order valence-corrected chi connectivity index (χ4v) is 0.560. The number of hydrogen-bond donors (Lipinski definition) is 1. The quantitative estimate of drug-likeness (QED) is 0.471. The van der Waals surface area contributed by atoms with Crippen LogP contribution in [0.15, 0.2) is 0 Å². The smallest absolute Gasteiger partial charge is 0.283 e. The highest BCUT2D eigenvalue weighted by Crippen LogP contribution is 1.94. The molecular weight excluding hydrogens is 142 g/mol. The van der Waals surface area contributed by atoms with E-state index in [9.17, 15) is 4.21 Å². The van der Waals surface area contributed by atoms with E-state index in [4.69, 9.17) is 4.55 Å². The summed E-state index contributed by atoms with van der Waals surface area (Å²) in [7, 11) is 1.60. The highest BCUT2D eigenvalue weighted by molar-refractivity contribution is 7.74. The third-order valence-electron chi connectivity index (χ3n) is 0.909. The van der Waals surface area contributed by atoms with Crippen LogP contribution in [0.4, 0.5) is 0 Å². The SMILES string of the molecule is CC(C)N(C)OS(=O)O. The molecule has 56 valence electrons. The molecule has 0 aliphatic carbocycles. The Morgan fingerprint density at radius 3 is 2.22 bits per heavy atom. The summed E-state index contributed by atoms with van der Waals surface area (Å²) in [4.78, 5) is 0. The van der Waals surface area contributed by atoms with Crippen molar-refractivity contribution < 1.29 is 13.0 Å². The van der Waals surface area contributed by atoms with E-state index in [0.717, 1.165) is 0 Å². The molecule has 0 bridgehead atoms. The van der Waals surface area contributed by atoms with Crippen LogP contribution in [-0.4, -0.2) is 26.9 Å². The van der Waals surface area contributed by atoms with Gasteiger partial charge in [-0.25, -0.2) is 0 Å². The predicted octanol–water partition coefficient (Wildman–Crippen LogP) is 0.395. The van der Waals surface area contributed by atoms with E-state index < -0.39 is 11.4 Å². The topological polar surface area (TPSA) is 49.8 Å². The molecule has 0 spiro atoms. The summed E-state index contributed by atoms with van der Waals surface area (Å²) in [5, 5.41) is 1.32. The predicted molar refractivity (Wildman–Crippen MR) is 34.8 cm³/mol. The molecule has 0 amide bonds. The molecule has 9 heavy (non-hydrogen) atoms. The number of hydroxylamine groups is 2. The standard InChI is InChI=1S/C4H11NO3S/c1-4(2)5(3)8-9(6)7/h4H,1-3H3,(H,6,7). The molecule has 0 saturated heterocycles. The van der Waals surface area contributed by atoms with Crippen molar-refractivity contribution in [3.05, 3.63) is 0 Å². The Bertz CT molecular complexity index is 106. The average Bonchev–Trinajstić information content (AvgIpc) is 1.63. The molecule has 1 unspecified atom stereocenters. The van der Waals surface area contributed by atoms with Gasteiger partial charge in [-0.15, -0.1) is 0 Å². The minimum Gasteiger partial charge on any atom is -0.283 e. The van der Waals surface area contributed by atoms with Crippen LogP contribution in [0.3, 0.4) is 0 Å². The summed E-state index contributed by atoms with van der Waals surface area (Å²) >= 11 is -2.19. The largest absolute Gasteiger partial charge is 0.319 e. The lowest BCUT2D eigenvalue weighted by atomic mass is 10.4. The maximum absolute atomic E-state index is 9.96. The zero-order valence-electron chi connectivity index (χ0n) is 5.70. The van der Waals surface area contributed by atoms with Gasteiger partial charge in [0.2, 0.25) is 0 Å². The number of nitrogens with zero attached hydrogens (tertiary/aromatic N) is 1. The Labute approximate surface area is 57.2 Å². The Hall–Kier alpha value is 0.0300. The van der Waals surface area contributed by atoms with Crippen molar-refractivity contribution >= 4 is 11.4 Å². The molecule has 0 aromatic carbocycles. The van der Waals surface area contributed by atoms with Crippen molar-refractivity contribution in [3.63, 3.8) is 0 Å². The Morgan fingerprint density at radius 2 is 2.11 bits per heavy atom. The Balaban J connectivity index is 3.50. The summed E-state index contributed by atoms with van der Waals surface area (Å²) in [6, 6.07) is 0.112. The zero-order valence-corrected chi connectivity index (χ0v) is 6.51. The van der Waals surface area contributed by atoms with Crippen molar-refractivity contribution in [3.8, 4) is 0 Å². The third-order valence-corrected chi connectivity index (χ3v) is 1.27. The van der Waals surface area contributed by atoms with Gasteiger partial charge in [0.1, 0.15) is 0 Å². The highest BCUT2D eigenvalue weighted by Gasteiger charge is 2.05. The monoisotopic (exact) mass is 153 g/mol. The average molecular weight is 153 g/mol. The van der Waals surface area contributed by atoms with Gasteiger partial charge in [0.05, 0.1) is 0 Å². The van der Waals surface area contributed by atoms with Gasteiger partial charge in [-0.2, -0.15) is 13.6 Å². The second-order valence-electron chi connectivity index (χ2n) is 1.93. The first-order valence-corrected chi connectivity index (χ1v) is 3.59. The molecule has 0 saturated carbocycles. The molecule has 0 aromatic heterocycles. The fraction of sp³-hybridized carbons (Fsp3) is 1.00. The lowest BCUT2D eigenvalue weighted by Gasteiger charge is -2.16. The molecule has 0 heterocycles. The van der Waals surface area contributed by atoms with Gasteiger partial charge in [-0.05, 0) is 13.8 Å². The molecular formula is C4H11NO3S. The van der Waals surface area contributed by atoms with Crippen LogP contribution in [0.2, 0.25) is 0 Å². The molecule has 0 aliphatic rings. The first kappa shape index (κ1) is 9.03. The van der Waals surface area contributed by atoms with Crippen molar-refractivity contribution in [2.45, 2.75) is 19.9 Å². The van der Waals surface area contributed by atoms with E-state index in [-0.39, 0.29) is 6.04 Å². The van der Waals surface area contributed by atoms with Gasteiger partial charge < -0.3 is 0 Å². The van der Waals surface area contributed by atoms with E-state index in [1.165, 1.54) is 5.06 Å². The van der Waals surface area contributed by atoms with Crippen molar-refractivity contribution in [1.82, 2.24) is 5.06 Å². The normalized spacial score (nSPS) is 14.9. The lowest BCUT2D eigenvalue weighted by Crippen LogP contribution is -2.27. The van der Waals surface area contributed by atoms with Crippen molar-refractivity contribution in [2.75, 3.05) is 7.05 Å². The van der Waals surface area contributed by atoms with E-state index in [1.54, 1.807) is 7.05 Å². The maximum Gasteiger partial charge on any atom is 0.319 e. The van der Waals surface area contributed by atoms with Gasteiger partial charge in [0, 0.05) is 13.1 Å². The van der Waals surface area contributed by atoms with Crippen LogP contribution in [0.5, 0.6) is 0 Å². The Morgan fingerprint density at radius 1 is 1.67 bits per heavy atom. The van der Waals surface area contributed by atoms with Gasteiger partial charge in [0.25, 0.3) is 0 Å². The van der Waals surface area contributed by atoms with Crippen LogP contribution in [0, 0.1) is 0 Å². The molecule has 1 atom stereocenters. The van der Waals surface area contributed by atoms with Crippen LogP contribution in [-0.2, 0) is 15.6 Å². The van der Waals surface area contributed by atoms with E-state index >= 15 is 0 Å². The van der Waals surface area contributed by atoms with Crippen LogP contribution in [0.25, 0.3) is 0 Å². The minimum absolute atomic E-state index is 0.112. The minimum atomic E-state index is -2.19. The summed E-state index contributed by atoms with van der Waals surface area (Å²) in [6.45, 7) is 3.71. The van der Waals surface area contributed by atoms with Gasteiger partial charge >= 0.3 is 11.4 Å². The summed E-state index contributed by atoms with van der Waals surface area (Å²) in [5.41, 5.74) is 0. The van der Waals surface area contributed by atoms with Crippen LogP contribution in [0.1, 0.15) is 13.8 Å². The van der Waals surface area contributed by atoms with E-state index in [0.29, 0.717) is 0 Å². The molecule has 0 rings (SSSR count). The van der Waals surface area contributed by atoms with Crippen LogP contribution < -0.4 is 0 Å². The first-order valence-electron chi connectivity index (χ1n) is 2.56. The summed E-state index contributed by atoms with van der Waals surface area (Å²) in [5.74, 6) is 0. The number of hydrogen-bond acceptors (Lipinski definition) is 3. The second-order valence-corrected chi connectivity index (χ2v) is 2.51. The van der Waals surface area contributed by atoms with Gasteiger partial charge in [0.15, 0.2) is 0 Å².